The van der Waals surface area contributed by atoms with Crippen LogP contribution in [0.25, 0.3) is 11.3 Å². The second-order valence-electron chi connectivity index (χ2n) is 5.92. The fraction of sp³-hybridized carbons (Fsp3) is 0.150. The summed E-state index contributed by atoms with van der Waals surface area (Å²) in [6.45, 7) is -1.23. The topological polar surface area (TPSA) is 64.1 Å². The Morgan fingerprint density at radius 2 is 1.93 bits per heavy atom. The van der Waals surface area contributed by atoms with Crippen molar-refractivity contribution in [3.63, 3.8) is 0 Å². The maximum Gasteiger partial charge on any atom is 0.387 e. The number of aryl methyl sites for hydroxylation is 1. The van der Waals surface area contributed by atoms with E-state index < -0.39 is 6.61 Å². The number of aromatic nitrogens is 2. The Bertz CT molecular complexity index is 1000. The minimum absolute atomic E-state index is 0.0240. The van der Waals surface area contributed by atoms with Gasteiger partial charge in [0.1, 0.15) is 11.6 Å². The number of hydrogen-bond donors (Lipinski definition) is 1. The molecule has 3 rings (SSSR count). The van der Waals surface area contributed by atoms with Crippen molar-refractivity contribution in [3.8, 4) is 17.0 Å². The van der Waals surface area contributed by atoms with Crippen LogP contribution in [-0.4, -0.2) is 28.2 Å². The Morgan fingerprint density at radius 3 is 2.62 bits per heavy atom. The number of nitrogens with one attached hydrogen (secondary N) is 1. The van der Waals surface area contributed by atoms with Gasteiger partial charge in [0, 0.05) is 17.4 Å². The Labute approximate surface area is 169 Å². The number of nitrogens with zero attached hydrogens (tertiary/aromatic N) is 2. The molecule has 3 aromatic rings. The third-order valence-electron chi connectivity index (χ3n) is 3.80. The van der Waals surface area contributed by atoms with E-state index in [9.17, 15) is 18.0 Å². The van der Waals surface area contributed by atoms with Crippen LogP contribution >= 0.6 is 11.8 Å². The van der Waals surface area contributed by atoms with Gasteiger partial charge in [0.25, 0.3) is 0 Å². The molecule has 0 aliphatic heterocycles. The molecule has 1 amide bonds. The van der Waals surface area contributed by atoms with Gasteiger partial charge in [0.15, 0.2) is 5.16 Å². The van der Waals surface area contributed by atoms with Crippen LogP contribution in [0.4, 0.5) is 18.9 Å². The molecule has 9 heteroatoms. The highest BCUT2D eigenvalue weighted by Crippen LogP contribution is 2.24. The van der Waals surface area contributed by atoms with Crippen LogP contribution < -0.4 is 10.1 Å². The summed E-state index contributed by atoms with van der Waals surface area (Å²) in [5.41, 5.74) is 2.45. The summed E-state index contributed by atoms with van der Waals surface area (Å²) in [4.78, 5) is 20.7. The van der Waals surface area contributed by atoms with E-state index in [1.54, 1.807) is 31.3 Å². The fourth-order valence-corrected chi connectivity index (χ4v) is 3.09. The summed E-state index contributed by atoms with van der Waals surface area (Å²) < 4.78 is 41.9. The SMILES string of the molecule is Cc1cc(OC(F)F)ccc1NC(=O)CSc1nccc(-c2ccc(F)cc2)n1. The van der Waals surface area contributed by atoms with Gasteiger partial charge < -0.3 is 10.1 Å². The average molecular weight is 419 g/mol. The molecule has 5 nitrogen and oxygen atoms in total. The molecule has 0 atom stereocenters. The number of anilines is 1. The maximum atomic E-state index is 13.1. The van der Waals surface area contributed by atoms with Gasteiger partial charge in [-0.25, -0.2) is 14.4 Å². The first-order valence-electron chi connectivity index (χ1n) is 8.48. The smallest absolute Gasteiger partial charge is 0.387 e. The van der Waals surface area contributed by atoms with Gasteiger partial charge in [-0.15, -0.1) is 0 Å². The van der Waals surface area contributed by atoms with Crippen LogP contribution in [0.15, 0.2) is 59.9 Å². The first-order chi connectivity index (χ1) is 13.9. The van der Waals surface area contributed by atoms with Crippen molar-refractivity contribution in [1.29, 1.82) is 0 Å². The number of benzene rings is 2. The number of carbonyl (C=O) groups excluding carboxylic acids is 1. The van der Waals surface area contributed by atoms with Gasteiger partial charge in [0.05, 0.1) is 11.4 Å². The van der Waals surface area contributed by atoms with Crippen LogP contribution in [0, 0.1) is 12.7 Å². The number of carbonyl (C=O) groups is 1. The number of alkyl halides is 2. The largest absolute Gasteiger partial charge is 0.435 e. The molecule has 0 spiro atoms. The molecule has 0 unspecified atom stereocenters. The van der Waals surface area contributed by atoms with Gasteiger partial charge in [-0.2, -0.15) is 8.78 Å². The van der Waals surface area contributed by atoms with Crippen molar-refractivity contribution in [2.45, 2.75) is 18.7 Å². The number of rotatable bonds is 7. The number of amides is 1. The van der Waals surface area contributed by atoms with Crippen LogP contribution in [0.5, 0.6) is 5.75 Å². The van der Waals surface area contributed by atoms with Crippen molar-refractivity contribution >= 4 is 23.4 Å². The minimum Gasteiger partial charge on any atom is -0.435 e. The summed E-state index contributed by atoms with van der Waals surface area (Å²) in [6, 6.07) is 11.9. The van der Waals surface area contributed by atoms with Gasteiger partial charge >= 0.3 is 6.61 Å². The fourth-order valence-electron chi connectivity index (χ4n) is 2.46. The first kappa shape index (κ1) is 20.7. The molecule has 150 valence electrons. The number of thioether (sulfide) groups is 1. The average Bonchev–Trinajstić information content (AvgIpc) is 2.69. The van der Waals surface area contributed by atoms with Crippen molar-refractivity contribution in [1.82, 2.24) is 9.97 Å². The van der Waals surface area contributed by atoms with Crippen LogP contribution in [0.3, 0.4) is 0 Å². The Morgan fingerprint density at radius 1 is 1.17 bits per heavy atom. The van der Waals surface area contributed by atoms with Crippen molar-refractivity contribution in [2.24, 2.45) is 0 Å². The number of ether oxygens (including phenoxy) is 1. The molecule has 0 aliphatic rings. The maximum absolute atomic E-state index is 13.1. The molecule has 0 aliphatic carbocycles. The van der Waals surface area contributed by atoms with E-state index in [-0.39, 0.29) is 23.2 Å². The monoisotopic (exact) mass is 419 g/mol. The molecule has 2 aromatic carbocycles. The Hall–Kier alpha value is -3.07. The van der Waals surface area contributed by atoms with Crippen molar-refractivity contribution < 1.29 is 22.7 Å². The van der Waals surface area contributed by atoms with Crippen LogP contribution in [0.1, 0.15) is 5.56 Å². The van der Waals surface area contributed by atoms with Gasteiger partial charge in [-0.05, 0) is 61.0 Å². The first-order valence-corrected chi connectivity index (χ1v) is 9.46. The lowest BCUT2D eigenvalue weighted by Gasteiger charge is -2.11. The molecule has 1 heterocycles. The molecule has 0 bridgehead atoms. The summed E-state index contributed by atoms with van der Waals surface area (Å²) in [7, 11) is 0. The zero-order chi connectivity index (χ0) is 20.8. The lowest BCUT2D eigenvalue weighted by atomic mass is 10.1. The van der Waals surface area contributed by atoms with E-state index in [1.807, 2.05) is 0 Å². The Balaban J connectivity index is 1.60. The van der Waals surface area contributed by atoms with E-state index in [2.05, 4.69) is 20.0 Å². The predicted molar refractivity (Wildman–Crippen MR) is 105 cm³/mol. The molecule has 0 saturated carbocycles. The van der Waals surface area contributed by atoms with E-state index in [0.29, 0.717) is 22.1 Å². The highest BCUT2D eigenvalue weighted by Gasteiger charge is 2.10. The van der Waals surface area contributed by atoms with Gasteiger partial charge in [0.2, 0.25) is 5.91 Å². The lowest BCUT2D eigenvalue weighted by Crippen LogP contribution is -2.15. The molecule has 1 aromatic heterocycles. The van der Waals surface area contributed by atoms with E-state index >= 15 is 0 Å². The normalized spacial score (nSPS) is 10.8. The molecule has 1 N–H and O–H groups in total. The zero-order valence-corrected chi connectivity index (χ0v) is 16.1. The summed E-state index contributed by atoms with van der Waals surface area (Å²) in [5, 5.41) is 3.12. The number of hydrogen-bond acceptors (Lipinski definition) is 5. The highest BCUT2D eigenvalue weighted by molar-refractivity contribution is 7.99. The molecule has 0 radical (unpaired) electrons. The highest BCUT2D eigenvalue weighted by atomic mass is 32.2. The van der Waals surface area contributed by atoms with Gasteiger partial charge in [-0.1, -0.05) is 11.8 Å². The second kappa shape index (κ2) is 9.42. The van der Waals surface area contributed by atoms with Crippen molar-refractivity contribution in [2.75, 3.05) is 11.1 Å². The van der Waals surface area contributed by atoms with Crippen LogP contribution in [-0.2, 0) is 4.79 Å². The summed E-state index contributed by atoms with van der Waals surface area (Å²) >= 11 is 1.14. The zero-order valence-electron chi connectivity index (χ0n) is 15.2. The summed E-state index contributed by atoms with van der Waals surface area (Å²) in [6.07, 6.45) is 1.57. The minimum atomic E-state index is -2.91. The van der Waals surface area contributed by atoms with Crippen molar-refractivity contribution in [3.05, 3.63) is 66.1 Å². The third-order valence-corrected chi connectivity index (χ3v) is 4.66. The standard InChI is InChI=1S/C20H16F3N3O2S/c1-12-10-15(28-19(22)23)6-7-16(12)25-18(27)11-29-20-24-9-8-17(26-20)13-2-4-14(21)5-3-13/h2-10,19H,11H2,1H3,(H,25,27). The lowest BCUT2D eigenvalue weighted by molar-refractivity contribution is -0.113. The second-order valence-corrected chi connectivity index (χ2v) is 6.87. The molecular formula is C20H16F3N3O2S. The Kier molecular flexibility index (Phi) is 6.71. The van der Waals surface area contributed by atoms with Crippen LogP contribution in [0.2, 0.25) is 0 Å². The van der Waals surface area contributed by atoms with E-state index in [0.717, 1.165) is 17.3 Å². The quantitative estimate of drug-likeness (QED) is 0.435. The molecule has 0 saturated heterocycles. The molecular weight excluding hydrogens is 403 g/mol. The summed E-state index contributed by atoms with van der Waals surface area (Å²) in [5.74, 6) is -0.549. The van der Waals surface area contributed by atoms with E-state index in [4.69, 9.17) is 0 Å². The predicted octanol–water partition coefficient (Wildman–Crippen LogP) is 4.92. The molecule has 29 heavy (non-hydrogen) atoms. The number of halogens is 3. The van der Waals surface area contributed by atoms with Gasteiger partial charge in [-0.3, -0.25) is 4.79 Å². The van der Waals surface area contributed by atoms with E-state index in [1.165, 1.54) is 30.3 Å². The third kappa shape index (κ3) is 5.95. The molecule has 0 fully saturated rings.